The van der Waals surface area contributed by atoms with Gasteiger partial charge in [0.1, 0.15) is 0 Å². The van der Waals surface area contributed by atoms with Crippen LogP contribution >= 0.6 is 0 Å². The molecule has 0 saturated heterocycles. The third-order valence-corrected chi connectivity index (χ3v) is 3.60. The third-order valence-electron chi connectivity index (χ3n) is 3.60. The van der Waals surface area contributed by atoms with Crippen LogP contribution in [0, 0.1) is 10.1 Å². The van der Waals surface area contributed by atoms with Crippen molar-refractivity contribution in [3.05, 3.63) is 63.7 Å². The number of nitro groups is 1. The van der Waals surface area contributed by atoms with Gasteiger partial charge >= 0.3 is 0 Å². The van der Waals surface area contributed by atoms with Gasteiger partial charge in [-0.1, -0.05) is 24.3 Å². The van der Waals surface area contributed by atoms with Crippen LogP contribution in [0.5, 0.6) is 0 Å². The summed E-state index contributed by atoms with van der Waals surface area (Å²) in [4.78, 5) is 12.7. The Balaban J connectivity index is 2.25. The molecule has 0 heterocycles. The quantitative estimate of drug-likeness (QED) is 0.610. The highest BCUT2D eigenvalue weighted by Crippen LogP contribution is 2.46. The molecule has 96 valence electrons. The molecular weight excluding hydrogens is 240 g/mol. The Morgan fingerprint density at radius 2 is 1.74 bits per heavy atom. The summed E-state index contributed by atoms with van der Waals surface area (Å²) in [6.45, 7) is 0. The van der Waals surface area contributed by atoms with E-state index in [2.05, 4.69) is 17.0 Å². The Hall–Kier alpha value is -2.20. The van der Waals surface area contributed by atoms with E-state index in [0.717, 1.165) is 11.1 Å². The molecule has 0 bridgehead atoms. The number of non-ortho nitro benzene ring substituents is 1. The van der Waals surface area contributed by atoms with Crippen molar-refractivity contribution in [2.75, 3.05) is 14.1 Å². The molecule has 2 aromatic carbocycles. The molecule has 1 unspecified atom stereocenters. The Morgan fingerprint density at radius 3 is 2.42 bits per heavy atom. The van der Waals surface area contributed by atoms with Crippen molar-refractivity contribution >= 4 is 5.69 Å². The van der Waals surface area contributed by atoms with Crippen molar-refractivity contribution in [3.8, 4) is 11.1 Å². The molecule has 1 aliphatic carbocycles. The molecule has 0 saturated carbocycles. The molecule has 4 heteroatoms. The van der Waals surface area contributed by atoms with Crippen LogP contribution in [0.15, 0.2) is 42.5 Å². The van der Waals surface area contributed by atoms with Gasteiger partial charge in [-0.25, -0.2) is 0 Å². The van der Waals surface area contributed by atoms with Gasteiger partial charge in [0, 0.05) is 12.1 Å². The molecule has 2 aromatic rings. The van der Waals surface area contributed by atoms with Gasteiger partial charge in [0.25, 0.3) is 5.69 Å². The standard InChI is InChI=1S/C15H14N2O2/c1-16(2)15-13-6-4-3-5-11(13)12-8-7-10(17(18)19)9-14(12)15/h3-9,15H,1-2H3. The third kappa shape index (κ3) is 1.72. The number of nitrogens with zero attached hydrogens (tertiary/aromatic N) is 2. The van der Waals surface area contributed by atoms with Gasteiger partial charge < -0.3 is 0 Å². The first kappa shape index (κ1) is 11.9. The van der Waals surface area contributed by atoms with E-state index in [1.807, 2.05) is 32.3 Å². The number of hydrogen-bond donors (Lipinski definition) is 0. The first-order chi connectivity index (χ1) is 9.09. The second kappa shape index (κ2) is 4.17. The van der Waals surface area contributed by atoms with Crippen molar-refractivity contribution in [3.63, 3.8) is 0 Å². The monoisotopic (exact) mass is 254 g/mol. The van der Waals surface area contributed by atoms with E-state index >= 15 is 0 Å². The van der Waals surface area contributed by atoms with Crippen LogP contribution in [0.1, 0.15) is 17.2 Å². The fraction of sp³-hybridized carbons (Fsp3) is 0.200. The lowest BCUT2D eigenvalue weighted by molar-refractivity contribution is -0.384. The fourth-order valence-corrected chi connectivity index (χ4v) is 2.84. The average Bonchev–Trinajstić information content (AvgIpc) is 2.72. The zero-order valence-corrected chi connectivity index (χ0v) is 10.8. The van der Waals surface area contributed by atoms with E-state index in [9.17, 15) is 10.1 Å². The van der Waals surface area contributed by atoms with Crippen LogP contribution in [0.2, 0.25) is 0 Å². The minimum Gasteiger partial charge on any atom is -0.299 e. The Bertz CT molecular complexity index is 665. The molecule has 0 spiro atoms. The molecule has 1 atom stereocenters. The lowest BCUT2D eigenvalue weighted by atomic mass is 10.0. The number of rotatable bonds is 2. The summed E-state index contributed by atoms with van der Waals surface area (Å²) < 4.78 is 0. The summed E-state index contributed by atoms with van der Waals surface area (Å²) >= 11 is 0. The minimum atomic E-state index is -0.337. The van der Waals surface area contributed by atoms with Gasteiger partial charge in [0.05, 0.1) is 11.0 Å². The Kier molecular flexibility index (Phi) is 2.61. The fourth-order valence-electron chi connectivity index (χ4n) is 2.84. The first-order valence-electron chi connectivity index (χ1n) is 6.13. The molecule has 19 heavy (non-hydrogen) atoms. The van der Waals surface area contributed by atoms with E-state index < -0.39 is 0 Å². The lowest BCUT2D eigenvalue weighted by Crippen LogP contribution is -2.18. The highest BCUT2D eigenvalue weighted by Gasteiger charge is 2.31. The van der Waals surface area contributed by atoms with Crippen LogP contribution < -0.4 is 0 Å². The predicted molar refractivity (Wildman–Crippen MR) is 74.1 cm³/mol. The number of benzene rings is 2. The van der Waals surface area contributed by atoms with Gasteiger partial charge in [-0.15, -0.1) is 0 Å². The summed E-state index contributed by atoms with van der Waals surface area (Å²) in [5.41, 5.74) is 4.65. The molecule has 0 aromatic heterocycles. The smallest absolute Gasteiger partial charge is 0.269 e. The zero-order valence-electron chi connectivity index (χ0n) is 10.8. The normalized spacial score (nSPS) is 16.3. The number of fused-ring (bicyclic) bond motifs is 3. The van der Waals surface area contributed by atoms with Crippen LogP contribution in [0.3, 0.4) is 0 Å². The summed E-state index contributed by atoms with van der Waals surface area (Å²) in [5, 5.41) is 10.9. The predicted octanol–water partition coefficient (Wildman–Crippen LogP) is 3.23. The Morgan fingerprint density at radius 1 is 1.05 bits per heavy atom. The van der Waals surface area contributed by atoms with Crippen LogP contribution in [0.4, 0.5) is 5.69 Å². The van der Waals surface area contributed by atoms with Crippen LogP contribution in [0.25, 0.3) is 11.1 Å². The molecule has 0 aliphatic heterocycles. The largest absolute Gasteiger partial charge is 0.299 e. The highest BCUT2D eigenvalue weighted by molar-refractivity contribution is 5.79. The molecule has 0 fully saturated rings. The van der Waals surface area contributed by atoms with Gasteiger partial charge in [0.15, 0.2) is 0 Å². The molecule has 0 radical (unpaired) electrons. The SMILES string of the molecule is CN(C)C1c2ccccc2-c2ccc([N+](=O)[O-])cc21. The van der Waals surface area contributed by atoms with E-state index in [1.165, 1.54) is 11.1 Å². The molecule has 1 aliphatic rings. The second-order valence-electron chi connectivity index (χ2n) is 4.98. The van der Waals surface area contributed by atoms with E-state index in [1.54, 1.807) is 12.1 Å². The number of nitro benzene ring substituents is 1. The zero-order chi connectivity index (χ0) is 13.6. The van der Waals surface area contributed by atoms with E-state index in [4.69, 9.17) is 0 Å². The van der Waals surface area contributed by atoms with Crippen LogP contribution in [-0.2, 0) is 0 Å². The summed E-state index contributed by atoms with van der Waals surface area (Å²) in [7, 11) is 3.99. The van der Waals surface area contributed by atoms with Crippen molar-refractivity contribution < 1.29 is 4.92 Å². The van der Waals surface area contributed by atoms with E-state index in [0.29, 0.717) is 0 Å². The second-order valence-corrected chi connectivity index (χ2v) is 4.98. The molecule has 4 nitrogen and oxygen atoms in total. The van der Waals surface area contributed by atoms with Crippen molar-refractivity contribution in [1.82, 2.24) is 4.90 Å². The number of hydrogen-bond acceptors (Lipinski definition) is 3. The molecular formula is C15H14N2O2. The maximum absolute atomic E-state index is 10.9. The van der Waals surface area contributed by atoms with Gasteiger partial charge in [-0.2, -0.15) is 0 Å². The van der Waals surface area contributed by atoms with Gasteiger partial charge in [-0.3, -0.25) is 15.0 Å². The lowest BCUT2D eigenvalue weighted by Gasteiger charge is -2.21. The first-order valence-corrected chi connectivity index (χ1v) is 6.13. The molecule has 3 rings (SSSR count). The highest BCUT2D eigenvalue weighted by atomic mass is 16.6. The maximum atomic E-state index is 10.9. The summed E-state index contributed by atoms with van der Waals surface area (Å²) in [5.74, 6) is 0. The van der Waals surface area contributed by atoms with Gasteiger partial charge in [-0.05, 0) is 42.4 Å². The van der Waals surface area contributed by atoms with Crippen molar-refractivity contribution in [2.45, 2.75) is 6.04 Å². The summed E-state index contributed by atoms with van der Waals surface area (Å²) in [6, 6.07) is 13.4. The van der Waals surface area contributed by atoms with Crippen LogP contribution in [-0.4, -0.2) is 23.9 Å². The Labute approximate surface area is 111 Å². The minimum absolute atomic E-state index is 0.0890. The summed E-state index contributed by atoms with van der Waals surface area (Å²) in [6.07, 6.45) is 0. The maximum Gasteiger partial charge on any atom is 0.269 e. The average molecular weight is 254 g/mol. The van der Waals surface area contributed by atoms with Crippen molar-refractivity contribution in [2.24, 2.45) is 0 Å². The van der Waals surface area contributed by atoms with E-state index in [-0.39, 0.29) is 16.7 Å². The molecule has 0 N–H and O–H groups in total. The van der Waals surface area contributed by atoms with Gasteiger partial charge in [0.2, 0.25) is 0 Å². The topological polar surface area (TPSA) is 46.4 Å². The molecule has 0 amide bonds. The van der Waals surface area contributed by atoms with Crippen molar-refractivity contribution in [1.29, 1.82) is 0 Å².